The predicted molar refractivity (Wildman–Crippen MR) is 156 cm³/mol. The molecule has 0 saturated heterocycles. The van der Waals surface area contributed by atoms with Gasteiger partial charge in [-0.2, -0.15) is 13.2 Å². The zero-order valence-corrected chi connectivity index (χ0v) is 23.4. The molecule has 0 fully saturated rings. The summed E-state index contributed by atoms with van der Waals surface area (Å²) in [5.74, 6) is 0.684. The van der Waals surface area contributed by atoms with Crippen LogP contribution in [0.3, 0.4) is 0 Å². The number of halogens is 3. The van der Waals surface area contributed by atoms with Gasteiger partial charge in [0.15, 0.2) is 0 Å². The lowest BCUT2D eigenvalue weighted by atomic mass is 9.78. The maximum absolute atomic E-state index is 13.5. The van der Waals surface area contributed by atoms with Gasteiger partial charge in [0.05, 0.1) is 27.8 Å². The Bertz CT molecular complexity index is 1880. The van der Waals surface area contributed by atoms with E-state index < -0.39 is 11.7 Å². The lowest BCUT2D eigenvalue weighted by Crippen LogP contribution is -2.22. The van der Waals surface area contributed by atoms with E-state index in [2.05, 4.69) is 70.4 Å². The van der Waals surface area contributed by atoms with Crippen LogP contribution in [0.4, 0.5) is 13.2 Å². The summed E-state index contributed by atoms with van der Waals surface area (Å²) in [6.45, 7) is 13.2. The summed E-state index contributed by atoms with van der Waals surface area (Å²) in [5.41, 5.74) is 5.57. The Morgan fingerprint density at radius 3 is 2.00 bits per heavy atom. The number of alkyl halides is 3. The molecule has 0 aliphatic rings. The normalized spacial score (nSPS) is 13.1. The van der Waals surface area contributed by atoms with Crippen molar-refractivity contribution in [2.75, 3.05) is 0 Å². The number of imidazole rings is 1. The monoisotopic (exact) mass is 540 g/mol. The van der Waals surface area contributed by atoms with E-state index in [-0.39, 0.29) is 16.4 Å². The number of para-hydroxylation sites is 4. The van der Waals surface area contributed by atoms with Crippen molar-refractivity contribution in [1.82, 2.24) is 9.55 Å². The number of hydrogen-bond donors (Lipinski definition) is 0. The van der Waals surface area contributed by atoms with Crippen LogP contribution in [0.15, 0.2) is 83.3 Å². The van der Waals surface area contributed by atoms with E-state index >= 15 is 0 Å². The van der Waals surface area contributed by atoms with Gasteiger partial charge >= 0.3 is 6.18 Å². The summed E-state index contributed by atoms with van der Waals surface area (Å²) in [6.07, 6.45) is -4.45. The van der Waals surface area contributed by atoms with Crippen LogP contribution in [0.1, 0.15) is 58.2 Å². The fraction of sp³-hybridized carbons (Fsp3) is 0.265. The van der Waals surface area contributed by atoms with Crippen molar-refractivity contribution in [2.45, 2.75) is 58.5 Å². The number of nitrogens with zero attached hydrogens (tertiary/aromatic N) is 2. The first-order valence-electron chi connectivity index (χ1n) is 13.4. The number of benzene rings is 4. The van der Waals surface area contributed by atoms with Gasteiger partial charge in [0, 0.05) is 10.8 Å². The van der Waals surface area contributed by atoms with Gasteiger partial charge in [-0.25, -0.2) is 4.98 Å². The molecule has 0 spiro atoms. The van der Waals surface area contributed by atoms with Crippen LogP contribution < -0.4 is 0 Å². The van der Waals surface area contributed by atoms with E-state index in [4.69, 9.17) is 9.40 Å². The molecule has 204 valence electrons. The molecule has 6 aromatic rings. The Balaban J connectivity index is 1.74. The molecule has 0 aliphatic carbocycles. The molecule has 2 aromatic heterocycles. The largest absolute Gasteiger partial charge is 0.455 e. The summed E-state index contributed by atoms with van der Waals surface area (Å²) >= 11 is 0. The van der Waals surface area contributed by atoms with Gasteiger partial charge in [0.2, 0.25) is 0 Å². The van der Waals surface area contributed by atoms with Crippen molar-refractivity contribution in [2.24, 2.45) is 0 Å². The Morgan fingerprint density at radius 1 is 0.700 bits per heavy atom. The highest BCUT2D eigenvalue weighted by molar-refractivity contribution is 6.09. The smallest absolute Gasteiger partial charge is 0.416 e. The molecule has 0 aliphatic heterocycles. The van der Waals surface area contributed by atoms with Gasteiger partial charge in [-0.05, 0) is 58.4 Å². The minimum atomic E-state index is -4.45. The first-order valence-corrected chi connectivity index (χ1v) is 13.4. The fourth-order valence-corrected chi connectivity index (χ4v) is 5.58. The molecule has 0 unspecified atom stereocenters. The molecule has 0 atom stereocenters. The van der Waals surface area contributed by atoms with Crippen molar-refractivity contribution in [3.63, 3.8) is 0 Å². The van der Waals surface area contributed by atoms with E-state index in [0.29, 0.717) is 16.8 Å². The van der Waals surface area contributed by atoms with Crippen molar-refractivity contribution >= 4 is 33.0 Å². The molecule has 0 N–H and O–H groups in total. The van der Waals surface area contributed by atoms with Crippen molar-refractivity contribution < 1.29 is 17.6 Å². The van der Waals surface area contributed by atoms with E-state index in [9.17, 15) is 13.2 Å². The van der Waals surface area contributed by atoms with Gasteiger partial charge in [0.1, 0.15) is 17.0 Å². The van der Waals surface area contributed by atoms with Crippen molar-refractivity contribution in [1.29, 1.82) is 0 Å². The Hall–Kier alpha value is -4.06. The Morgan fingerprint density at radius 2 is 1.35 bits per heavy atom. The van der Waals surface area contributed by atoms with E-state index in [1.165, 1.54) is 17.2 Å². The molecule has 6 heteroatoms. The predicted octanol–water partition coefficient (Wildman–Crippen LogP) is 10.2. The molecule has 0 bridgehead atoms. The van der Waals surface area contributed by atoms with Crippen LogP contribution in [0.2, 0.25) is 0 Å². The number of aromatic nitrogens is 2. The standard InChI is InChI=1S/C34H31F3N2O/c1-32(2,3)24-13-10-14-25(33(4,5)6)29(24)39-27-16-8-7-15-26(27)38-31(39)23-12-9-11-22-21-18-17-20(34(35,36)37)19-28(21)40-30(22)23/h7-19H,1-6H3. The third-order valence-corrected chi connectivity index (χ3v) is 7.50. The second-order valence-corrected chi connectivity index (χ2v) is 12.5. The molecule has 6 rings (SSSR count). The SMILES string of the molecule is CC(C)(C)c1cccc(C(C)(C)C)c1-n1c(-c2cccc3c2oc2cc(C(F)(F)F)ccc23)nc2ccccc21. The number of rotatable bonds is 2. The zero-order valence-electron chi connectivity index (χ0n) is 23.4. The molecule has 0 radical (unpaired) electrons. The highest BCUT2D eigenvalue weighted by Gasteiger charge is 2.32. The first kappa shape index (κ1) is 26.2. The molecule has 2 heterocycles. The average molecular weight is 541 g/mol. The maximum atomic E-state index is 13.5. The number of furan rings is 1. The lowest BCUT2D eigenvalue weighted by Gasteiger charge is -2.31. The fourth-order valence-electron chi connectivity index (χ4n) is 5.58. The van der Waals surface area contributed by atoms with Gasteiger partial charge < -0.3 is 4.42 Å². The molecule has 4 aromatic carbocycles. The molecular formula is C34H31F3N2O. The van der Waals surface area contributed by atoms with Gasteiger partial charge in [-0.3, -0.25) is 4.57 Å². The van der Waals surface area contributed by atoms with Crippen LogP contribution in [0.5, 0.6) is 0 Å². The highest BCUT2D eigenvalue weighted by Crippen LogP contribution is 2.43. The zero-order chi connectivity index (χ0) is 28.6. The molecule has 0 amide bonds. The second kappa shape index (κ2) is 8.72. The van der Waals surface area contributed by atoms with Crippen molar-refractivity contribution in [3.8, 4) is 17.1 Å². The third-order valence-electron chi connectivity index (χ3n) is 7.50. The number of hydrogen-bond acceptors (Lipinski definition) is 2. The van der Waals surface area contributed by atoms with E-state index in [1.54, 1.807) is 0 Å². The maximum Gasteiger partial charge on any atom is 0.416 e. The van der Waals surface area contributed by atoms with Crippen molar-refractivity contribution in [3.05, 3.63) is 95.6 Å². The minimum Gasteiger partial charge on any atom is -0.455 e. The lowest BCUT2D eigenvalue weighted by molar-refractivity contribution is -0.137. The quantitative estimate of drug-likeness (QED) is 0.219. The van der Waals surface area contributed by atoms with Crippen LogP contribution in [0.25, 0.3) is 50.0 Å². The van der Waals surface area contributed by atoms with Gasteiger partial charge in [-0.15, -0.1) is 0 Å². The van der Waals surface area contributed by atoms with E-state index in [0.717, 1.165) is 39.8 Å². The minimum absolute atomic E-state index is 0.168. The summed E-state index contributed by atoms with van der Waals surface area (Å²) in [4.78, 5) is 5.11. The highest BCUT2D eigenvalue weighted by atomic mass is 19.4. The van der Waals surface area contributed by atoms with Gasteiger partial charge in [-0.1, -0.05) is 84.0 Å². The summed E-state index contributed by atoms with van der Waals surface area (Å²) in [5, 5.41) is 1.39. The molecule has 3 nitrogen and oxygen atoms in total. The van der Waals surface area contributed by atoms with Crippen LogP contribution >= 0.6 is 0 Å². The first-order chi connectivity index (χ1) is 18.7. The van der Waals surface area contributed by atoms with Crippen LogP contribution in [0, 0.1) is 0 Å². The Labute approximate surface area is 231 Å². The van der Waals surface area contributed by atoms with Crippen LogP contribution in [-0.4, -0.2) is 9.55 Å². The summed E-state index contributed by atoms with van der Waals surface area (Å²) in [6, 6.07) is 23.9. The summed E-state index contributed by atoms with van der Waals surface area (Å²) < 4.78 is 48.9. The Kier molecular flexibility index (Phi) is 5.71. The van der Waals surface area contributed by atoms with Gasteiger partial charge in [0.25, 0.3) is 0 Å². The average Bonchev–Trinajstić information content (AvgIpc) is 3.44. The summed E-state index contributed by atoms with van der Waals surface area (Å²) in [7, 11) is 0. The topological polar surface area (TPSA) is 31.0 Å². The van der Waals surface area contributed by atoms with E-state index in [1.807, 2.05) is 36.4 Å². The van der Waals surface area contributed by atoms with Crippen LogP contribution in [-0.2, 0) is 17.0 Å². The molecule has 40 heavy (non-hydrogen) atoms. The second-order valence-electron chi connectivity index (χ2n) is 12.5. The molecular weight excluding hydrogens is 509 g/mol. The molecule has 0 saturated carbocycles. The number of fused-ring (bicyclic) bond motifs is 4. The third kappa shape index (κ3) is 4.17.